The molecule has 0 aromatic heterocycles. The van der Waals surface area contributed by atoms with Gasteiger partial charge in [0.1, 0.15) is 19.2 Å². The van der Waals surface area contributed by atoms with Crippen molar-refractivity contribution in [2.75, 3.05) is 34.4 Å². The van der Waals surface area contributed by atoms with Crippen LogP contribution in [0.5, 0.6) is 0 Å². The molecule has 11 heavy (non-hydrogen) atoms. The highest BCUT2D eigenvalue weighted by molar-refractivity contribution is 4.80. The van der Waals surface area contributed by atoms with Crippen LogP contribution in [0.3, 0.4) is 0 Å². The second kappa shape index (κ2) is 7.53. The van der Waals surface area contributed by atoms with Crippen LogP contribution in [-0.2, 0) is 18.9 Å². The fourth-order valence-electron chi connectivity index (χ4n) is 0.423. The lowest BCUT2D eigenvalue weighted by molar-refractivity contribution is -0.0525. The normalized spacial score (nSPS) is 9.64. The molecule has 0 aliphatic heterocycles. The molecule has 0 atom stereocenters. The topological polar surface area (TPSA) is 36.9 Å². The van der Waals surface area contributed by atoms with Gasteiger partial charge in [-0.05, 0) is 0 Å². The Labute approximate surface area is 66.7 Å². The van der Waals surface area contributed by atoms with Gasteiger partial charge in [-0.15, -0.1) is 0 Å². The second-order valence-corrected chi connectivity index (χ2v) is 1.84. The smallest absolute Gasteiger partial charge is 0.188 e. The fraction of sp³-hybridized carbons (Fsp3) is 0.714. The van der Waals surface area contributed by atoms with Crippen molar-refractivity contribution < 1.29 is 18.9 Å². The van der Waals surface area contributed by atoms with E-state index < -0.39 is 0 Å². The third kappa shape index (κ3) is 7.32. The Kier molecular flexibility index (Phi) is 7.13. The summed E-state index contributed by atoms with van der Waals surface area (Å²) in [6.45, 7) is 4.36. The molecular weight excluding hydrogens is 148 g/mol. The zero-order chi connectivity index (χ0) is 8.53. The minimum Gasteiger partial charge on any atom is -0.470 e. The van der Waals surface area contributed by atoms with Gasteiger partial charge in [-0.3, -0.25) is 0 Å². The largest absolute Gasteiger partial charge is 0.470 e. The summed E-state index contributed by atoms with van der Waals surface area (Å²) in [5.74, 6) is 0.531. The summed E-state index contributed by atoms with van der Waals surface area (Å²) in [6.07, 6.45) is 0. The molecule has 0 aliphatic rings. The quantitative estimate of drug-likeness (QED) is 0.314. The Hall–Kier alpha value is -0.580. The molecule has 66 valence electrons. The molecular formula is C7H14O4. The maximum absolute atomic E-state index is 4.94. The summed E-state index contributed by atoms with van der Waals surface area (Å²) in [7, 11) is 3.10. The van der Waals surface area contributed by atoms with Crippen LogP contribution in [0, 0.1) is 0 Å². The highest BCUT2D eigenvalue weighted by Crippen LogP contribution is 1.93. The molecule has 0 heterocycles. The van der Waals surface area contributed by atoms with Gasteiger partial charge in [0, 0.05) is 14.2 Å². The Bertz CT molecular complexity index is 103. The maximum Gasteiger partial charge on any atom is 0.188 e. The summed E-state index contributed by atoms with van der Waals surface area (Å²) >= 11 is 0. The van der Waals surface area contributed by atoms with E-state index in [0.717, 1.165) is 0 Å². The van der Waals surface area contributed by atoms with Gasteiger partial charge in [-0.2, -0.15) is 0 Å². The average molecular weight is 162 g/mol. The summed E-state index contributed by atoms with van der Waals surface area (Å²) in [6, 6.07) is 0. The molecule has 0 radical (unpaired) electrons. The maximum atomic E-state index is 4.94. The molecule has 0 spiro atoms. The van der Waals surface area contributed by atoms with Gasteiger partial charge in [0.25, 0.3) is 0 Å². The van der Waals surface area contributed by atoms with Crippen LogP contribution < -0.4 is 0 Å². The van der Waals surface area contributed by atoms with Crippen LogP contribution >= 0.6 is 0 Å². The predicted octanol–water partition coefficient (Wildman–Crippen LogP) is 0.741. The minimum absolute atomic E-state index is 0.204. The lowest BCUT2D eigenvalue weighted by atomic mass is 10.6. The van der Waals surface area contributed by atoms with Crippen molar-refractivity contribution in [3.63, 3.8) is 0 Å². The second-order valence-electron chi connectivity index (χ2n) is 1.84. The molecule has 0 bridgehead atoms. The van der Waals surface area contributed by atoms with E-state index in [1.165, 1.54) is 0 Å². The third-order valence-electron chi connectivity index (χ3n) is 0.845. The van der Waals surface area contributed by atoms with Crippen LogP contribution in [-0.4, -0.2) is 34.4 Å². The fourth-order valence-corrected chi connectivity index (χ4v) is 0.423. The van der Waals surface area contributed by atoms with E-state index in [1.807, 2.05) is 0 Å². The van der Waals surface area contributed by atoms with Crippen molar-refractivity contribution in [3.8, 4) is 0 Å². The lowest BCUT2D eigenvalue weighted by Gasteiger charge is -2.07. The van der Waals surface area contributed by atoms with Crippen molar-refractivity contribution in [1.29, 1.82) is 0 Å². The highest BCUT2D eigenvalue weighted by atomic mass is 16.7. The first-order chi connectivity index (χ1) is 5.31. The van der Waals surface area contributed by atoms with E-state index >= 15 is 0 Å². The molecule has 0 aromatic carbocycles. The van der Waals surface area contributed by atoms with E-state index in [-0.39, 0.29) is 13.6 Å². The highest BCUT2D eigenvalue weighted by Gasteiger charge is 1.93. The van der Waals surface area contributed by atoms with Crippen molar-refractivity contribution in [1.82, 2.24) is 0 Å². The number of hydrogen-bond acceptors (Lipinski definition) is 4. The first-order valence-electron chi connectivity index (χ1n) is 3.17. The molecule has 0 fully saturated rings. The minimum atomic E-state index is 0.204. The number of rotatable bonds is 7. The first-order valence-corrected chi connectivity index (χ1v) is 3.17. The van der Waals surface area contributed by atoms with Crippen molar-refractivity contribution in [3.05, 3.63) is 12.3 Å². The lowest BCUT2D eigenvalue weighted by Crippen LogP contribution is -2.04. The molecule has 0 saturated carbocycles. The summed E-state index contributed by atoms with van der Waals surface area (Å²) in [5.41, 5.74) is 0. The molecule has 0 N–H and O–H groups in total. The molecule has 0 aliphatic carbocycles. The number of methoxy groups -OCH3 is 2. The molecule has 0 saturated heterocycles. The van der Waals surface area contributed by atoms with Crippen LogP contribution in [0.15, 0.2) is 12.3 Å². The Morgan fingerprint density at radius 3 is 2.36 bits per heavy atom. The van der Waals surface area contributed by atoms with Crippen LogP contribution in [0.2, 0.25) is 0 Å². The molecule has 0 amide bonds. The van der Waals surface area contributed by atoms with Crippen molar-refractivity contribution in [2.45, 2.75) is 0 Å². The zero-order valence-corrected chi connectivity index (χ0v) is 6.96. The van der Waals surface area contributed by atoms with Crippen LogP contribution in [0.1, 0.15) is 0 Å². The van der Waals surface area contributed by atoms with E-state index in [4.69, 9.17) is 9.47 Å². The van der Waals surface area contributed by atoms with Crippen LogP contribution in [0.25, 0.3) is 0 Å². The average Bonchev–Trinajstić information content (AvgIpc) is 2.01. The van der Waals surface area contributed by atoms with E-state index in [2.05, 4.69) is 16.1 Å². The van der Waals surface area contributed by atoms with Crippen molar-refractivity contribution >= 4 is 0 Å². The summed E-state index contributed by atoms with van der Waals surface area (Å²) in [4.78, 5) is 0. The van der Waals surface area contributed by atoms with Gasteiger partial charge in [-0.25, -0.2) is 0 Å². The molecule has 0 rings (SSSR count). The molecule has 0 unspecified atom stereocenters. The molecule has 4 nitrogen and oxygen atoms in total. The molecule has 4 heteroatoms. The summed E-state index contributed by atoms with van der Waals surface area (Å²) in [5, 5.41) is 0. The Balaban J connectivity index is 3.09. The Morgan fingerprint density at radius 2 is 1.82 bits per heavy atom. The van der Waals surface area contributed by atoms with Gasteiger partial charge in [-0.1, -0.05) is 6.58 Å². The van der Waals surface area contributed by atoms with Crippen LogP contribution in [0.4, 0.5) is 0 Å². The molecule has 0 aromatic rings. The number of ether oxygens (including phenoxy) is 4. The zero-order valence-electron chi connectivity index (χ0n) is 6.96. The first kappa shape index (κ1) is 10.4. The van der Waals surface area contributed by atoms with E-state index in [0.29, 0.717) is 12.4 Å². The van der Waals surface area contributed by atoms with Gasteiger partial charge < -0.3 is 18.9 Å². The van der Waals surface area contributed by atoms with Gasteiger partial charge in [0.2, 0.25) is 0 Å². The predicted molar refractivity (Wildman–Crippen MR) is 39.9 cm³/mol. The van der Waals surface area contributed by atoms with Gasteiger partial charge >= 0.3 is 0 Å². The van der Waals surface area contributed by atoms with Gasteiger partial charge in [0.15, 0.2) is 6.79 Å². The standard InChI is InChI=1S/C7H14O4/c1-7(11-6-9-3)4-10-5-8-2/h1,4-6H2,2-3H3. The Morgan fingerprint density at radius 1 is 1.18 bits per heavy atom. The number of hydrogen-bond donors (Lipinski definition) is 0. The van der Waals surface area contributed by atoms with Crippen molar-refractivity contribution in [2.24, 2.45) is 0 Å². The third-order valence-corrected chi connectivity index (χ3v) is 0.845. The SMILES string of the molecule is C=C(COCOC)OCOC. The van der Waals surface area contributed by atoms with E-state index in [1.54, 1.807) is 14.2 Å². The van der Waals surface area contributed by atoms with E-state index in [9.17, 15) is 0 Å². The monoisotopic (exact) mass is 162 g/mol. The summed E-state index contributed by atoms with van der Waals surface area (Å²) < 4.78 is 19.2. The van der Waals surface area contributed by atoms with Gasteiger partial charge in [0.05, 0.1) is 0 Å².